The van der Waals surface area contributed by atoms with Gasteiger partial charge in [0.15, 0.2) is 0 Å². The van der Waals surface area contributed by atoms with E-state index in [1.165, 1.54) is 11.6 Å². The molecule has 1 amide bonds. The number of benzene rings is 3. The lowest BCUT2D eigenvalue weighted by atomic mass is 10.1. The Labute approximate surface area is 212 Å². The summed E-state index contributed by atoms with van der Waals surface area (Å²) >= 11 is 16.3. The van der Waals surface area contributed by atoms with E-state index in [0.29, 0.717) is 22.2 Å². The number of halogens is 4. The molecule has 0 aliphatic heterocycles. The number of rotatable bonds is 6. The predicted octanol–water partition coefficient (Wildman–Crippen LogP) is 6.85. The van der Waals surface area contributed by atoms with Crippen molar-refractivity contribution in [3.8, 4) is 5.75 Å². The molecule has 4 nitrogen and oxygen atoms in total. The monoisotopic (exact) mass is 664 g/mol. The quantitative estimate of drug-likeness (QED) is 0.178. The van der Waals surface area contributed by atoms with Crippen molar-refractivity contribution in [2.45, 2.75) is 13.5 Å². The summed E-state index contributed by atoms with van der Waals surface area (Å²) < 4.78 is 7.96. The lowest BCUT2D eigenvalue weighted by Crippen LogP contribution is -2.17. The zero-order valence-electron chi connectivity index (χ0n) is 15.8. The van der Waals surface area contributed by atoms with E-state index in [0.717, 1.165) is 24.0 Å². The maximum absolute atomic E-state index is 12.2. The van der Waals surface area contributed by atoms with Crippen LogP contribution in [0.3, 0.4) is 0 Å². The van der Waals surface area contributed by atoms with Crippen molar-refractivity contribution >= 4 is 80.5 Å². The van der Waals surface area contributed by atoms with Gasteiger partial charge in [-0.05, 0) is 93.6 Å². The minimum absolute atomic E-state index is 0.318. The van der Waals surface area contributed by atoms with Crippen molar-refractivity contribution in [1.82, 2.24) is 5.43 Å². The minimum atomic E-state index is -0.368. The molecule has 3 aromatic rings. The van der Waals surface area contributed by atoms with Gasteiger partial charge in [-0.15, -0.1) is 0 Å². The van der Waals surface area contributed by atoms with Gasteiger partial charge in [0.2, 0.25) is 0 Å². The average molecular weight is 665 g/mol. The lowest BCUT2D eigenvalue weighted by Gasteiger charge is -2.12. The van der Waals surface area contributed by atoms with Gasteiger partial charge in [0, 0.05) is 5.56 Å². The number of hydrazone groups is 1. The van der Waals surface area contributed by atoms with Gasteiger partial charge >= 0.3 is 0 Å². The number of nitrogens with zero attached hydrogens (tertiary/aromatic N) is 1. The Balaban J connectivity index is 1.65. The van der Waals surface area contributed by atoms with Crippen LogP contribution < -0.4 is 10.2 Å². The van der Waals surface area contributed by atoms with Gasteiger partial charge in [-0.3, -0.25) is 4.79 Å². The van der Waals surface area contributed by atoms with Gasteiger partial charge in [-0.2, -0.15) is 5.10 Å². The van der Waals surface area contributed by atoms with Crippen LogP contribution in [-0.4, -0.2) is 12.1 Å². The van der Waals surface area contributed by atoms with Gasteiger partial charge in [0.05, 0.1) is 23.4 Å². The summed E-state index contributed by atoms with van der Waals surface area (Å²) in [5.41, 5.74) is 6.05. The molecule has 0 saturated carbocycles. The Morgan fingerprint density at radius 2 is 1.80 bits per heavy atom. The molecule has 0 aromatic heterocycles. The summed E-state index contributed by atoms with van der Waals surface area (Å²) in [6.07, 6.45) is 1.59. The maximum Gasteiger partial charge on any atom is 0.271 e. The molecule has 3 aromatic carbocycles. The molecule has 0 atom stereocenters. The van der Waals surface area contributed by atoms with Crippen molar-refractivity contribution in [1.29, 1.82) is 0 Å². The number of nitrogens with one attached hydrogen (secondary N) is 1. The third-order valence-corrected chi connectivity index (χ3v) is 6.39. The summed E-state index contributed by atoms with van der Waals surface area (Å²) in [7, 11) is 0. The fraction of sp³-hybridized carbons (Fsp3) is 0.0909. The Morgan fingerprint density at radius 1 is 1.07 bits per heavy atom. The van der Waals surface area contributed by atoms with Crippen LogP contribution in [-0.2, 0) is 6.61 Å². The summed E-state index contributed by atoms with van der Waals surface area (Å²) in [6, 6.07) is 16.8. The highest BCUT2D eigenvalue weighted by Gasteiger charge is 2.10. The fourth-order valence-electron chi connectivity index (χ4n) is 2.62. The molecule has 0 aliphatic rings. The van der Waals surface area contributed by atoms with E-state index >= 15 is 0 Å². The molecule has 0 aliphatic carbocycles. The molecule has 1 N–H and O–H groups in total. The number of hydrogen-bond donors (Lipinski definition) is 1. The number of ether oxygens (including phenoxy) is 1. The van der Waals surface area contributed by atoms with E-state index in [1.807, 2.05) is 24.3 Å². The number of aryl methyl sites for hydroxylation is 1. The van der Waals surface area contributed by atoms with E-state index in [9.17, 15) is 4.79 Å². The standard InChI is InChI=1S/C22H16Cl2I2N2O2/c1-13-3-2-4-14(7-13)12-30-21-19(25)8-15(9-20(21)26)11-27-28-22(29)16-5-6-17(23)18(24)10-16/h2-11H,12H2,1H3,(H,28,29)/b27-11-. The van der Waals surface area contributed by atoms with Gasteiger partial charge in [0.1, 0.15) is 12.4 Å². The van der Waals surface area contributed by atoms with Crippen molar-refractivity contribution in [2.75, 3.05) is 0 Å². The number of carbonyl (C=O) groups is 1. The van der Waals surface area contributed by atoms with Crippen LogP contribution in [0.2, 0.25) is 10.0 Å². The highest BCUT2D eigenvalue weighted by Crippen LogP contribution is 2.29. The molecule has 0 heterocycles. The first-order chi connectivity index (χ1) is 14.3. The van der Waals surface area contributed by atoms with Crippen LogP contribution in [0, 0.1) is 14.1 Å². The van der Waals surface area contributed by atoms with Crippen molar-refractivity contribution in [3.63, 3.8) is 0 Å². The average Bonchev–Trinajstić information content (AvgIpc) is 2.69. The Kier molecular flexibility index (Phi) is 8.38. The highest BCUT2D eigenvalue weighted by atomic mass is 127. The second-order valence-corrected chi connectivity index (χ2v) is 9.56. The predicted molar refractivity (Wildman–Crippen MR) is 139 cm³/mol. The third-order valence-electron chi connectivity index (χ3n) is 4.05. The number of amides is 1. The molecule has 0 spiro atoms. The van der Waals surface area contributed by atoms with Crippen LogP contribution >= 0.6 is 68.4 Å². The van der Waals surface area contributed by atoms with Crippen LogP contribution in [0.1, 0.15) is 27.0 Å². The van der Waals surface area contributed by atoms with Crippen molar-refractivity contribution in [3.05, 3.63) is 94.0 Å². The van der Waals surface area contributed by atoms with Crippen molar-refractivity contribution < 1.29 is 9.53 Å². The zero-order valence-corrected chi connectivity index (χ0v) is 21.6. The molecule has 8 heteroatoms. The van der Waals surface area contributed by atoms with E-state index < -0.39 is 0 Å². The topological polar surface area (TPSA) is 50.7 Å². The first kappa shape index (κ1) is 23.3. The fourth-order valence-corrected chi connectivity index (χ4v) is 5.04. The van der Waals surface area contributed by atoms with E-state index in [2.05, 4.69) is 74.8 Å². The zero-order chi connectivity index (χ0) is 21.7. The summed E-state index contributed by atoms with van der Waals surface area (Å²) in [5.74, 6) is 0.460. The van der Waals surface area contributed by atoms with Gasteiger partial charge in [-0.25, -0.2) is 5.43 Å². The molecule has 0 saturated heterocycles. The molecule has 0 radical (unpaired) electrons. The Bertz CT molecular complexity index is 1100. The molecule has 30 heavy (non-hydrogen) atoms. The van der Waals surface area contributed by atoms with Crippen LogP contribution in [0.5, 0.6) is 5.75 Å². The highest BCUT2D eigenvalue weighted by molar-refractivity contribution is 14.1. The SMILES string of the molecule is Cc1cccc(COc2c(I)cc(/C=N\NC(=O)c3ccc(Cl)c(Cl)c3)cc2I)c1. The van der Waals surface area contributed by atoms with Crippen LogP contribution in [0.15, 0.2) is 59.7 Å². The smallest absolute Gasteiger partial charge is 0.271 e. The molecule has 154 valence electrons. The molecular weight excluding hydrogens is 649 g/mol. The second-order valence-electron chi connectivity index (χ2n) is 6.42. The number of hydrogen-bond acceptors (Lipinski definition) is 3. The van der Waals surface area contributed by atoms with E-state index in [1.54, 1.807) is 18.3 Å². The molecule has 0 unspecified atom stereocenters. The molecule has 3 rings (SSSR count). The van der Waals surface area contributed by atoms with Gasteiger partial charge in [0.25, 0.3) is 5.91 Å². The first-order valence-corrected chi connectivity index (χ1v) is 11.7. The van der Waals surface area contributed by atoms with Gasteiger partial charge < -0.3 is 4.74 Å². The first-order valence-electron chi connectivity index (χ1n) is 8.79. The van der Waals surface area contributed by atoms with Crippen molar-refractivity contribution in [2.24, 2.45) is 5.10 Å². The Morgan fingerprint density at radius 3 is 2.47 bits per heavy atom. The molecule has 0 bridgehead atoms. The van der Waals surface area contributed by atoms with Crippen LogP contribution in [0.25, 0.3) is 0 Å². The minimum Gasteiger partial charge on any atom is -0.487 e. The largest absolute Gasteiger partial charge is 0.487 e. The lowest BCUT2D eigenvalue weighted by molar-refractivity contribution is 0.0955. The van der Waals surface area contributed by atoms with E-state index in [-0.39, 0.29) is 5.91 Å². The molecule has 0 fully saturated rings. The normalized spacial score (nSPS) is 11.0. The number of carbonyl (C=O) groups excluding carboxylic acids is 1. The maximum atomic E-state index is 12.2. The summed E-state index contributed by atoms with van der Waals surface area (Å²) in [6.45, 7) is 2.56. The molecular formula is C22H16Cl2I2N2O2. The third kappa shape index (κ3) is 6.32. The second kappa shape index (κ2) is 10.8. The van der Waals surface area contributed by atoms with Crippen LogP contribution in [0.4, 0.5) is 0 Å². The van der Waals surface area contributed by atoms with Gasteiger partial charge in [-0.1, -0.05) is 53.0 Å². The van der Waals surface area contributed by atoms with E-state index in [4.69, 9.17) is 27.9 Å². The summed E-state index contributed by atoms with van der Waals surface area (Å²) in [4.78, 5) is 12.2. The Hall–Kier alpha value is -1.36. The summed E-state index contributed by atoms with van der Waals surface area (Å²) in [5, 5.41) is 4.75.